The van der Waals surface area contributed by atoms with Gasteiger partial charge in [0.1, 0.15) is 17.7 Å². The predicted octanol–water partition coefficient (Wildman–Crippen LogP) is 2.87. The number of allylic oxidation sites excluding steroid dienone is 1. The van der Waals surface area contributed by atoms with E-state index in [9.17, 15) is 24.3 Å². The average Bonchev–Trinajstić information content (AvgIpc) is 3.78. The number of aliphatic hydroxyl groups is 1. The van der Waals surface area contributed by atoms with Gasteiger partial charge in [0, 0.05) is 39.1 Å². The number of benzene rings is 1. The number of amides is 3. The second-order valence-electron chi connectivity index (χ2n) is 14.7. The molecule has 0 aromatic heterocycles. The predicted molar refractivity (Wildman–Crippen MR) is 191 cm³/mol. The number of rotatable bonds is 18. The summed E-state index contributed by atoms with van der Waals surface area (Å²) in [6.07, 6.45) is 4.05. The summed E-state index contributed by atoms with van der Waals surface area (Å²) in [4.78, 5) is 62.2. The lowest BCUT2D eigenvalue weighted by Gasteiger charge is -2.40. The maximum absolute atomic E-state index is 14.8. The van der Waals surface area contributed by atoms with Crippen molar-refractivity contribution >= 4 is 23.7 Å². The minimum Gasteiger partial charge on any atom is -0.455 e. The fraction of sp³-hybridized carbons (Fsp3) is 0.641. The molecule has 5 rings (SSSR count). The van der Waals surface area contributed by atoms with E-state index in [0.29, 0.717) is 57.6 Å². The molecular formula is C39H56N4O8. The van der Waals surface area contributed by atoms with Crippen molar-refractivity contribution in [3.05, 3.63) is 61.2 Å². The van der Waals surface area contributed by atoms with Crippen LogP contribution in [0.5, 0.6) is 0 Å². The second kappa shape index (κ2) is 17.3. The Morgan fingerprint density at radius 2 is 1.86 bits per heavy atom. The van der Waals surface area contributed by atoms with Gasteiger partial charge < -0.3 is 34.4 Å². The van der Waals surface area contributed by atoms with Gasteiger partial charge in [-0.3, -0.25) is 24.1 Å². The normalized spacial score (nSPS) is 27.5. The fourth-order valence-corrected chi connectivity index (χ4v) is 8.50. The third-order valence-electron chi connectivity index (χ3n) is 10.8. The van der Waals surface area contributed by atoms with Gasteiger partial charge in [0.05, 0.1) is 49.8 Å². The summed E-state index contributed by atoms with van der Waals surface area (Å²) in [7, 11) is 0. The molecule has 0 saturated carbocycles. The van der Waals surface area contributed by atoms with Gasteiger partial charge >= 0.3 is 5.97 Å². The second-order valence-corrected chi connectivity index (χ2v) is 14.7. The van der Waals surface area contributed by atoms with Crippen molar-refractivity contribution < 1.29 is 38.5 Å². The van der Waals surface area contributed by atoms with Gasteiger partial charge in [0.2, 0.25) is 17.7 Å². The molecule has 0 unspecified atom stereocenters. The monoisotopic (exact) mass is 708 g/mol. The number of aliphatic hydroxyl groups excluding tert-OH is 1. The largest absolute Gasteiger partial charge is 0.455 e. The first-order valence-corrected chi connectivity index (χ1v) is 18.5. The molecule has 1 aromatic rings. The Morgan fingerprint density at radius 3 is 2.51 bits per heavy atom. The molecule has 2 N–H and O–H groups in total. The van der Waals surface area contributed by atoms with E-state index in [4.69, 9.17) is 14.2 Å². The van der Waals surface area contributed by atoms with E-state index in [1.54, 1.807) is 24.0 Å². The number of esters is 1. The molecule has 51 heavy (non-hydrogen) atoms. The van der Waals surface area contributed by atoms with Gasteiger partial charge in [-0.05, 0) is 44.1 Å². The molecule has 4 saturated heterocycles. The topological polar surface area (TPSA) is 138 Å². The highest BCUT2D eigenvalue weighted by atomic mass is 16.6. The van der Waals surface area contributed by atoms with Crippen LogP contribution in [0.25, 0.3) is 0 Å². The average molecular weight is 709 g/mol. The van der Waals surface area contributed by atoms with Crippen molar-refractivity contribution in [2.45, 2.75) is 88.8 Å². The summed E-state index contributed by atoms with van der Waals surface area (Å²) in [6.45, 7) is 17.2. The zero-order valence-corrected chi connectivity index (χ0v) is 30.4. The standard InChI is InChI=1S/C39H56N4O8/c1-6-8-14-31(45)40-27(5)34(28-12-10-9-11-13-28)50-38(48)32-30-15-16-39(51-30)33(32)36(46)43(29(25-44)24-26(3)4)35(39)37(47)42(17-7-2)19-18-41-20-22-49-23-21-41/h6-7,9-13,26-27,29-30,32-35,44H,1-2,8,14-25H2,3-5H3,(H,40,45)/t27-,29+,30-,32+,33+,34-,35-,39+/m0/s1. The van der Waals surface area contributed by atoms with Gasteiger partial charge in [-0.2, -0.15) is 0 Å². The van der Waals surface area contributed by atoms with Gasteiger partial charge in [0.15, 0.2) is 0 Å². The van der Waals surface area contributed by atoms with Crippen LogP contribution in [0, 0.1) is 17.8 Å². The summed E-state index contributed by atoms with van der Waals surface area (Å²) in [5.41, 5.74) is -0.552. The SMILES string of the molecule is C=CCCC(=O)N[C@@H](C)[C@H](OC(=O)[C@@H]1[C@@H]2CC[C@]3(O2)[C@H](C(=O)N(CC=C)CCN2CCOCC2)N([C@@H](CO)CC(C)C)C(=O)[C@@H]13)c1ccccc1. The molecule has 1 spiro atoms. The van der Waals surface area contributed by atoms with E-state index in [1.807, 2.05) is 44.2 Å². The van der Waals surface area contributed by atoms with Crippen LogP contribution in [0.3, 0.4) is 0 Å². The number of nitrogens with one attached hydrogen (secondary N) is 1. The Bertz CT molecular complexity index is 1400. The van der Waals surface area contributed by atoms with Crippen molar-refractivity contribution in [1.82, 2.24) is 20.0 Å². The highest BCUT2D eigenvalue weighted by molar-refractivity contribution is 5.98. The summed E-state index contributed by atoms with van der Waals surface area (Å²) < 4.78 is 18.5. The van der Waals surface area contributed by atoms with E-state index in [-0.39, 0.29) is 43.2 Å². The molecule has 0 radical (unpaired) electrons. The highest BCUT2D eigenvalue weighted by Crippen LogP contribution is 2.59. The Balaban J connectivity index is 1.46. The van der Waals surface area contributed by atoms with Crippen molar-refractivity contribution in [3.63, 3.8) is 0 Å². The lowest BCUT2D eigenvalue weighted by atomic mass is 9.70. The van der Waals surface area contributed by atoms with E-state index in [2.05, 4.69) is 23.4 Å². The van der Waals surface area contributed by atoms with Crippen LogP contribution in [-0.2, 0) is 33.4 Å². The number of nitrogens with zero attached hydrogens (tertiary/aromatic N) is 3. The van der Waals surface area contributed by atoms with Gasteiger partial charge in [-0.25, -0.2) is 0 Å². The van der Waals surface area contributed by atoms with Crippen LogP contribution in [0.4, 0.5) is 0 Å². The number of carbonyl (C=O) groups excluding carboxylic acids is 4. The van der Waals surface area contributed by atoms with Crippen LogP contribution in [0.15, 0.2) is 55.6 Å². The zero-order valence-electron chi connectivity index (χ0n) is 30.4. The van der Waals surface area contributed by atoms with Gasteiger partial charge in [-0.1, -0.05) is 56.3 Å². The first-order valence-electron chi connectivity index (χ1n) is 18.5. The van der Waals surface area contributed by atoms with Crippen LogP contribution >= 0.6 is 0 Å². The molecule has 2 bridgehead atoms. The smallest absolute Gasteiger partial charge is 0.313 e. The quantitative estimate of drug-likeness (QED) is 0.174. The Hall–Kier alpha value is -3.58. The van der Waals surface area contributed by atoms with Crippen LogP contribution in [0.1, 0.15) is 64.5 Å². The number of ether oxygens (including phenoxy) is 3. The minimum absolute atomic E-state index is 0.127. The lowest BCUT2D eigenvalue weighted by Crippen LogP contribution is -2.59. The molecule has 3 amide bonds. The third-order valence-corrected chi connectivity index (χ3v) is 10.8. The maximum atomic E-state index is 14.8. The molecule has 0 aliphatic carbocycles. The Labute approximate surface area is 302 Å². The number of hydrogen-bond acceptors (Lipinski definition) is 9. The van der Waals surface area contributed by atoms with E-state index >= 15 is 0 Å². The molecule has 4 heterocycles. The van der Waals surface area contributed by atoms with Crippen molar-refractivity contribution in [3.8, 4) is 0 Å². The van der Waals surface area contributed by atoms with Crippen LogP contribution in [-0.4, -0.2) is 126 Å². The first-order chi connectivity index (χ1) is 24.6. The zero-order chi connectivity index (χ0) is 36.7. The third kappa shape index (κ3) is 8.24. The number of likely N-dealkylation sites (tertiary alicyclic amines) is 1. The summed E-state index contributed by atoms with van der Waals surface area (Å²) in [5.74, 6) is -3.23. The van der Waals surface area contributed by atoms with Crippen molar-refractivity contribution in [2.24, 2.45) is 17.8 Å². The first kappa shape index (κ1) is 38.6. The van der Waals surface area contributed by atoms with Crippen molar-refractivity contribution in [1.29, 1.82) is 0 Å². The lowest BCUT2D eigenvalue weighted by molar-refractivity contribution is -0.162. The summed E-state index contributed by atoms with van der Waals surface area (Å²) >= 11 is 0. The van der Waals surface area contributed by atoms with E-state index < -0.39 is 53.7 Å². The van der Waals surface area contributed by atoms with E-state index in [0.717, 1.165) is 13.1 Å². The van der Waals surface area contributed by atoms with Crippen LogP contribution < -0.4 is 5.32 Å². The number of morpholine rings is 1. The summed E-state index contributed by atoms with van der Waals surface area (Å²) in [6, 6.07) is 6.97. The Morgan fingerprint density at radius 1 is 1.14 bits per heavy atom. The number of hydrogen-bond donors (Lipinski definition) is 2. The van der Waals surface area contributed by atoms with Gasteiger partial charge in [-0.15, -0.1) is 13.2 Å². The Kier molecular flexibility index (Phi) is 13.1. The molecule has 4 aliphatic rings. The van der Waals surface area contributed by atoms with Crippen molar-refractivity contribution in [2.75, 3.05) is 52.5 Å². The fourth-order valence-electron chi connectivity index (χ4n) is 8.50. The molecule has 4 aliphatic heterocycles. The summed E-state index contributed by atoms with van der Waals surface area (Å²) in [5, 5.41) is 13.6. The molecule has 12 nitrogen and oxygen atoms in total. The minimum atomic E-state index is -1.25. The van der Waals surface area contributed by atoms with Gasteiger partial charge in [0.25, 0.3) is 0 Å². The molecule has 12 heteroatoms. The maximum Gasteiger partial charge on any atom is 0.313 e. The molecule has 4 fully saturated rings. The highest BCUT2D eigenvalue weighted by Gasteiger charge is 2.75. The van der Waals surface area contributed by atoms with Crippen LogP contribution in [0.2, 0.25) is 0 Å². The van der Waals surface area contributed by atoms with E-state index in [1.165, 1.54) is 4.90 Å². The number of fused-ring (bicyclic) bond motifs is 1. The molecule has 8 atom stereocenters. The molecular weight excluding hydrogens is 652 g/mol. The molecule has 1 aromatic carbocycles. The molecule has 280 valence electrons. The number of carbonyl (C=O) groups is 4.